The van der Waals surface area contributed by atoms with Crippen LogP contribution in [0.1, 0.15) is 15.9 Å². The number of nitrogens with zero attached hydrogens (tertiary/aromatic N) is 3. The summed E-state index contributed by atoms with van der Waals surface area (Å²) in [6.45, 7) is 2.00. The van der Waals surface area contributed by atoms with E-state index in [4.69, 9.17) is 0 Å². The van der Waals surface area contributed by atoms with E-state index in [9.17, 15) is 9.59 Å². The molecule has 0 aliphatic heterocycles. The standard InChI is InChI=1S/C18H17N5O2S/c1-13-7-5-6-10-15(13)23-12-19-22-18(23)26-11-16(24)20-21-17(25)14-8-3-2-4-9-14/h2-10,12H,11H2,1H3,(H,20,24)(H,21,25). The second-order valence-corrected chi connectivity index (χ2v) is 6.37. The van der Waals surface area contributed by atoms with Gasteiger partial charge in [-0.3, -0.25) is 25.0 Å². The maximum absolute atomic E-state index is 12.0. The van der Waals surface area contributed by atoms with Crippen LogP contribution < -0.4 is 10.9 Å². The van der Waals surface area contributed by atoms with Gasteiger partial charge in [-0.1, -0.05) is 48.2 Å². The summed E-state index contributed by atoms with van der Waals surface area (Å²) in [5.41, 5.74) is 7.29. The molecule has 0 radical (unpaired) electrons. The average Bonchev–Trinajstić information content (AvgIpc) is 3.14. The van der Waals surface area contributed by atoms with Crippen LogP contribution in [0.15, 0.2) is 66.1 Å². The highest BCUT2D eigenvalue weighted by Crippen LogP contribution is 2.21. The predicted molar refractivity (Wildman–Crippen MR) is 98.9 cm³/mol. The van der Waals surface area contributed by atoms with Crippen LogP contribution in [0.5, 0.6) is 0 Å². The molecule has 0 fully saturated rings. The maximum atomic E-state index is 12.0. The summed E-state index contributed by atoms with van der Waals surface area (Å²) in [6.07, 6.45) is 1.61. The number of rotatable bonds is 5. The van der Waals surface area contributed by atoms with Gasteiger partial charge in [-0.15, -0.1) is 10.2 Å². The Morgan fingerprint density at radius 2 is 1.77 bits per heavy atom. The number of hydrogen-bond donors (Lipinski definition) is 2. The molecule has 3 aromatic rings. The van der Waals surface area contributed by atoms with E-state index in [0.29, 0.717) is 10.7 Å². The minimum atomic E-state index is -0.368. The van der Waals surface area contributed by atoms with Crippen molar-refractivity contribution in [2.45, 2.75) is 12.1 Å². The molecule has 0 unspecified atom stereocenters. The van der Waals surface area contributed by atoms with Crippen LogP contribution in [-0.4, -0.2) is 32.3 Å². The lowest BCUT2D eigenvalue weighted by Crippen LogP contribution is -2.42. The largest absolute Gasteiger partial charge is 0.276 e. The van der Waals surface area contributed by atoms with Gasteiger partial charge in [0.1, 0.15) is 6.33 Å². The van der Waals surface area contributed by atoms with E-state index in [2.05, 4.69) is 21.0 Å². The molecule has 7 nitrogen and oxygen atoms in total. The molecule has 0 atom stereocenters. The second-order valence-electron chi connectivity index (χ2n) is 5.43. The van der Waals surface area contributed by atoms with Crippen molar-refractivity contribution in [3.05, 3.63) is 72.1 Å². The summed E-state index contributed by atoms with van der Waals surface area (Å²) in [5.74, 6) is -0.606. The first kappa shape index (κ1) is 17.7. The summed E-state index contributed by atoms with van der Waals surface area (Å²) < 4.78 is 1.83. The van der Waals surface area contributed by atoms with Gasteiger partial charge >= 0.3 is 0 Å². The number of nitrogens with one attached hydrogen (secondary N) is 2. The highest BCUT2D eigenvalue weighted by atomic mass is 32.2. The molecule has 1 heterocycles. The van der Waals surface area contributed by atoms with Gasteiger partial charge in [-0.25, -0.2) is 0 Å². The van der Waals surface area contributed by atoms with Gasteiger partial charge in [0.25, 0.3) is 5.91 Å². The number of carbonyl (C=O) groups is 2. The third kappa shape index (κ3) is 4.28. The summed E-state index contributed by atoms with van der Waals surface area (Å²) in [4.78, 5) is 23.9. The third-order valence-corrected chi connectivity index (χ3v) is 4.52. The smallest absolute Gasteiger partial charge is 0.269 e. The van der Waals surface area contributed by atoms with Crippen molar-refractivity contribution in [1.29, 1.82) is 0 Å². The van der Waals surface area contributed by atoms with Crippen LogP contribution in [0.3, 0.4) is 0 Å². The fourth-order valence-corrected chi connectivity index (χ4v) is 3.00. The fraction of sp³-hybridized carbons (Fsp3) is 0.111. The molecular weight excluding hydrogens is 350 g/mol. The molecule has 2 amide bonds. The number of hydrogen-bond acceptors (Lipinski definition) is 5. The van der Waals surface area contributed by atoms with Gasteiger partial charge in [0.05, 0.1) is 11.4 Å². The molecule has 3 rings (SSSR count). The quantitative estimate of drug-likeness (QED) is 0.533. The van der Waals surface area contributed by atoms with E-state index in [-0.39, 0.29) is 17.6 Å². The Labute approximate surface area is 154 Å². The molecule has 0 spiro atoms. The lowest BCUT2D eigenvalue weighted by atomic mass is 10.2. The van der Waals surface area contributed by atoms with Crippen LogP contribution in [0.25, 0.3) is 5.69 Å². The first-order valence-corrected chi connectivity index (χ1v) is 8.87. The maximum Gasteiger partial charge on any atom is 0.269 e. The Morgan fingerprint density at radius 1 is 1.04 bits per heavy atom. The highest BCUT2D eigenvalue weighted by Gasteiger charge is 2.12. The van der Waals surface area contributed by atoms with Gasteiger partial charge in [0.15, 0.2) is 5.16 Å². The van der Waals surface area contributed by atoms with Crippen molar-refractivity contribution in [3.8, 4) is 5.69 Å². The Morgan fingerprint density at radius 3 is 2.54 bits per heavy atom. The van der Waals surface area contributed by atoms with E-state index in [1.165, 1.54) is 11.8 Å². The number of hydrazine groups is 1. The van der Waals surface area contributed by atoms with Gasteiger partial charge < -0.3 is 0 Å². The molecule has 132 valence electrons. The predicted octanol–water partition coefficient (Wildman–Crippen LogP) is 2.13. The van der Waals surface area contributed by atoms with Crippen molar-refractivity contribution in [2.24, 2.45) is 0 Å². The van der Waals surface area contributed by atoms with Crippen LogP contribution in [0.4, 0.5) is 0 Å². The van der Waals surface area contributed by atoms with E-state index in [1.807, 2.05) is 41.8 Å². The summed E-state index contributed by atoms with van der Waals surface area (Å²) >= 11 is 1.24. The molecule has 0 aliphatic rings. The first-order valence-electron chi connectivity index (χ1n) is 7.88. The van der Waals surface area contributed by atoms with E-state index < -0.39 is 0 Å². The SMILES string of the molecule is Cc1ccccc1-n1cnnc1SCC(=O)NNC(=O)c1ccccc1. The monoisotopic (exact) mass is 367 g/mol. The molecule has 8 heteroatoms. The Kier molecular flexibility index (Phi) is 5.65. The fourth-order valence-electron chi connectivity index (χ4n) is 2.28. The molecule has 0 saturated carbocycles. The normalized spacial score (nSPS) is 10.3. The molecule has 1 aromatic heterocycles. The highest BCUT2D eigenvalue weighted by molar-refractivity contribution is 7.99. The zero-order valence-corrected chi connectivity index (χ0v) is 14.9. The van der Waals surface area contributed by atoms with Crippen LogP contribution in [0, 0.1) is 6.92 Å². The van der Waals surface area contributed by atoms with Crippen molar-refractivity contribution < 1.29 is 9.59 Å². The third-order valence-electron chi connectivity index (χ3n) is 3.58. The summed E-state index contributed by atoms with van der Waals surface area (Å²) in [7, 11) is 0. The summed E-state index contributed by atoms with van der Waals surface area (Å²) in [5, 5.41) is 8.58. The van der Waals surface area contributed by atoms with Gasteiger partial charge in [0.2, 0.25) is 5.91 Å². The molecule has 0 bridgehead atoms. The van der Waals surface area contributed by atoms with Gasteiger partial charge in [-0.2, -0.15) is 0 Å². The Bertz CT molecular complexity index is 911. The Hall–Kier alpha value is -3.13. The van der Waals surface area contributed by atoms with Crippen molar-refractivity contribution in [3.63, 3.8) is 0 Å². The van der Waals surface area contributed by atoms with Gasteiger partial charge in [0, 0.05) is 5.56 Å². The second kappa shape index (κ2) is 8.30. The van der Waals surface area contributed by atoms with E-state index in [0.717, 1.165) is 11.3 Å². The van der Waals surface area contributed by atoms with Crippen molar-refractivity contribution in [2.75, 3.05) is 5.75 Å². The number of benzene rings is 2. The zero-order valence-electron chi connectivity index (χ0n) is 14.0. The number of aryl methyl sites for hydroxylation is 1. The Balaban J connectivity index is 1.55. The average molecular weight is 367 g/mol. The van der Waals surface area contributed by atoms with Crippen molar-refractivity contribution >= 4 is 23.6 Å². The van der Waals surface area contributed by atoms with E-state index in [1.54, 1.807) is 30.6 Å². The number of thioether (sulfide) groups is 1. The van der Waals surface area contributed by atoms with Crippen LogP contribution in [-0.2, 0) is 4.79 Å². The number of carbonyl (C=O) groups excluding carboxylic acids is 2. The first-order chi connectivity index (χ1) is 12.6. The lowest BCUT2D eigenvalue weighted by Gasteiger charge is -2.09. The minimum Gasteiger partial charge on any atom is -0.276 e. The lowest BCUT2D eigenvalue weighted by molar-refractivity contribution is -0.119. The molecule has 2 N–H and O–H groups in total. The van der Waals surface area contributed by atoms with Crippen molar-refractivity contribution in [1.82, 2.24) is 25.6 Å². The number of para-hydroxylation sites is 1. The van der Waals surface area contributed by atoms with Crippen LogP contribution >= 0.6 is 11.8 Å². The summed E-state index contributed by atoms with van der Waals surface area (Å²) in [6, 6.07) is 16.5. The molecule has 0 saturated heterocycles. The number of aromatic nitrogens is 3. The van der Waals surface area contributed by atoms with Gasteiger partial charge in [-0.05, 0) is 30.7 Å². The molecule has 0 aliphatic carbocycles. The molecular formula is C18H17N5O2S. The molecule has 26 heavy (non-hydrogen) atoms. The molecule has 2 aromatic carbocycles. The van der Waals surface area contributed by atoms with Crippen LogP contribution in [0.2, 0.25) is 0 Å². The number of amides is 2. The van der Waals surface area contributed by atoms with E-state index >= 15 is 0 Å². The zero-order chi connectivity index (χ0) is 18.4. The topological polar surface area (TPSA) is 88.9 Å². The minimum absolute atomic E-state index is 0.0969.